The normalized spacial score (nSPS) is 10.7. The largest absolute Gasteiger partial charge is 0.359 e. The van der Waals surface area contributed by atoms with Crippen molar-refractivity contribution in [1.82, 2.24) is 15.6 Å². The molecule has 6 nitrogen and oxygen atoms in total. The fraction of sp³-hybridized carbons (Fsp3) is 0.429. The fourth-order valence-corrected chi connectivity index (χ4v) is 1.34. The Labute approximate surface area is 123 Å². The average molecular weight is 297 g/mol. The molecule has 0 bridgehead atoms. The SMILES string of the molecule is CC.CNC(=O)CCC(C=O)NC(=O)c1ccc(F)cn1. The Morgan fingerprint density at radius 2 is 2.05 bits per heavy atom. The maximum Gasteiger partial charge on any atom is 0.270 e. The molecule has 0 saturated heterocycles. The van der Waals surface area contributed by atoms with E-state index in [2.05, 4.69) is 15.6 Å². The predicted molar refractivity (Wildman–Crippen MR) is 76.2 cm³/mol. The van der Waals surface area contributed by atoms with Crippen LogP contribution in [0, 0.1) is 5.82 Å². The lowest BCUT2D eigenvalue weighted by molar-refractivity contribution is -0.120. The van der Waals surface area contributed by atoms with Crippen molar-refractivity contribution in [3.63, 3.8) is 0 Å². The summed E-state index contributed by atoms with van der Waals surface area (Å²) in [4.78, 5) is 37.1. The van der Waals surface area contributed by atoms with Crippen LogP contribution in [0.2, 0.25) is 0 Å². The second-order valence-corrected chi connectivity index (χ2v) is 3.79. The van der Waals surface area contributed by atoms with Crippen molar-refractivity contribution in [3.05, 3.63) is 29.8 Å². The summed E-state index contributed by atoms with van der Waals surface area (Å²) in [7, 11) is 1.49. The van der Waals surface area contributed by atoms with Crippen LogP contribution in [0.3, 0.4) is 0 Å². The van der Waals surface area contributed by atoms with Gasteiger partial charge in [-0.1, -0.05) is 13.8 Å². The molecule has 2 amide bonds. The standard InChI is InChI=1S/C12H14FN3O3.C2H6/c1-14-11(18)5-3-9(7-17)16-12(19)10-4-2-8(13)6-15-10;1-2/h2,4,6-7,9H,3,5H2,1H3,(H,14,18)(H,16,19);1-2H3. The minimum Gasteiger partial charge on any atom is -0.359 e. The number of aldehydes is 1. The van der Waals surface area contributed by atoms with Crippen molar-refractivity contribution in [3.8, 4) is 0 Å². The van der Waals surface area contributed by atoms with Crippen molar-refractivity contribution >= 4 is 18.1 Å². The van der Waals surface area contributed by atoms with Gasteiger partial charge < -0.3 is 15.4 Å². The van der Waals surface area contributed by atoms with Crippen LogP contribution in [0.15, 0.2) is 18.3 Å². The lowest BCUT2D eigenvalue weighted by Crippen LogP contribution is -2.37. The van der Waals surface area contributed by atoms with Crippen LogP contribution in [-0.2, 0) is 9.59 Å². The molecule has 1 atom stereocenters. The fourth-order valence-electron chi connectivity index (χ4n) is 1.34. The molecule has 1 rings (SSSR count). The Balaban J connectivity index is 0.00000191. The predicted octanol–water partition coefficient (Wildman–Crippen LogP) is 1.07. The molecule has 0 radical (unpaired) electrons. The van der Waals surface area contributed by atoms with Gasteiger partial charge in [-0.2, -0.15) is 0 Å². The minimum absolute atomic E-state index is 0.00759. The Kier molecular flexibility index (Phi) is 9.32. The number of nitrogens with zero attached hydrogens (tertiary/aromatic N) is 1. The summed E-state index contributed by atoms with van der Waals surface area (Å²) < 4.78 is 12.6. The number of halogens is 1. The maximum atomic E-state index is 12.6. The highest BCUT2D eigenvalue weighted by atomic mass is 19.1. The van der Waals surface area contributed by atoms with E-state index in [1.807, 2.05) is 13.8 Å². The highest BCUT2D eigenvalue weighted by Gasteiger charge is 2.15. The summed E-state index contributed by atoms with van der Waals surface area (Å²) in [5, 5.41) is 4.82. The first-order chi connectivity index (χ1) is 10.1. The maximum absolute atomic E-state index is 12.6. The van der Waals surface area contributed by atoms with Gasteiger partial charge in [-0.25, -0.2) is 9.37 Å². The monoisotopic (exact) mass is 297 g/mol. The Bertz CT molecular complexity index is 463. The van der Waals surface area contributed by atoms with Crippen molar-refractivity contribution < 1.29 is 18.8 Å². The first-order valence-corrected chi connectivity index (χ1v) is 6.65. The van der Waals surface area contributed by atoms with Crippen molar-refractivity contribution in [2.75, 3.05) is 7.05 Å². The third kappa shape index (κ3) is 7.14. The first kappa shape index (κ1) is 18.7. The van der Waals surface area contributed by atoms with Gasteiger partial charge in [0, 0.05) is 13.5 Å². The van der Waals surface area contributed by atoms with Crippen LogP contribution >= 0.6 is 0 Å². The molecule has 0 fully saturated rings. The van der Waals surface area contributed by atoms with E-state index >= 15 is 0 Å². The van der Waals surface area contributed by atoms with Crippen molar-refractivity contribution in [2.45, 2.75) is 32.7 Å². The van der Waals surface area contributed by atoms with Gasteiger partial charge in [0.1, 0.15) is 17.8 Å². The van der Waals surface area contributed by atoms with Gasteiger partial charge in [0.15, 0.2) is 0 Å². The van der Waals surface area contributed by atoms with E-state index in [1.165, 1.54) is 13.1 Å². The van der Waals surface area contributed by atoms with Crippen molar-refractivity contribution in [2.24, 2.45) is 0 Å². The number of nitrogens with one attached hydrogen (secondary N) is 2. The van der Waals surface area contributed by atoms with Gasteiger partial charge in [-0.15, -0.1) is 0 Å². The molecule has 0 saturated carbocycles. The number of carbonyl (C=O) groups is 3. The third-order valence-corrected chi connectivity index (χ3v) is 2.40. The molecular weight excluding hydrogens is 277 g/mol. The Hall–Kier alpha value is -2.31. The van der Waals surface area contributed by atoms with Gasteiger partial charge >= 0.3 is 0 Å². The van der Waals surface area contributed by atoms with E-state index in [0.29, 0.717) is 6.29 Å². The van der Waals surface area contributed by atoms with Gasteiger partial charge in [-0.05, 0) is 18.6 Å². The molecule has 1 aromatic rings. The third-order valence-electron chi connectivity index (χ3n) is 2.40. The van der Waals surface area contributed by atoms with Gasteiger partial charge in [0.25, 0.3) is 5.91 Å². The number of pyridine rings is 1. The lowest BCUT2D eigenvalue weighted by atomic mass is 10.1. The van der Waals surface area contributed by atoms with E-state index in [0.717, 1.165) is 12.3 Å². The lowest BCUT2D eigenvalue weighted by Gasteiger charge is -2.11. The second kappa shape index (κ2) is 10.5. The molecule has 1 aromatic heterocycles. The summed E-state index contributed by atoms with van der Waals surface area (Å²) in [6, 6.07) is 1.53. The van der Waals surface area contributed by atoms with Crippen LogP contribution in [-0.4, -0.2) is 36.2 Å². The smallest absolute Gasteiger partial charge is 0.270 e. The molecule has 2 N–H and O–H groups in total. The number of hydrogen-bond donors (Lipinski definition) is 2. The molecule has 0 aliphatic carbocycles. The summed E-state index contributed by atoms with van der Waals surface area (Å²) in [6.45, 7) is 4.00. The molecule has 116 valence electrons. The highest BCUT2D eigenvalue weighted by molar-refractivity contribution is 5.93. The topological polar surface area (TPSA) is 88.2 Å². The zero-order valence-electron chi connectivity index (χ0n) is 12.4. The molecule has 1 heterocycles. The number of aromatic nitrogens is 1. The molecule has 0 aliphatic heterocycles. The Morgan fingerprint density at radius 1 is 1.38 bits per heavy atom. The first-order valence-electron chi connectivity index (χ1n) is 6.65. The van der Waals surface area contributed by atoms with E-state index in [1.54, 1.807) is 0 Å². The molecule has 0 aromatic carbocycles. The summed E-state index contributed by atoms with van der Waals surface area (Å²) in [6.07, 6.45) is 1.77. The van der Waals surface area contributed by atoms with Gasteiger partial charge in [-0.3, -0.25) is 9.59 Å². The molecule has 1 unspecified atom stereocenters. The van der Waals surface area contributed by atoms with E-state index < -0.39 is 17.8 Å². The molecule has 21 heavy (non-hydrogen) atoms. The number of rotatable bonds is 6. The highest BCUT2D eigenvalue weighted by Crippen LogP contribution is 2.00. The van der Waals surface area contributed by atoms with Crippen molar-refractivity contribution in [1.29, 1.82) is 0 Å². The van der Waals surface area contributed by atoms with E-state index in [-0.39, 0.29) is 24.4 Å². The van der Waals surface area contributed by atoms with Crippen LogP contribution in [0.4, 0.5) is 4.39 Å². The summed E-state index contributed by atoms with van der Waals surface area (Å²) in [5.74, 6) is -1.36. The summed E-state index contributed by atoms with van der Waals surface area (Å²) >= 11 is 0. The van der Waals surface area contributed by atoms with Gasteiger partial charge in [0.05, 0.1) is 12.2 Å². The second-order valence-electron chi connectivity index (χ2n) is 3.79. The van der Waals surface area contributed by atoms with Crippen LogP contribution in [0.1, 0.15) is 37.2 Å². The van der Waals surface area contributed by atoms with Crippen LogP contribution in [0.25, 0.3) is 0 Å². The number of carbonyl (C=O) groups excluding carboxylic acids is 3. The molecule has 7 heteroatoms. The molecule has 0 spiro atoms. The molecular formula is C14H20FN3O3. The Morgan fingerprint density at radius 3 is 2.52 bits per heavy atom. The minimum atomic E-state index is -0.781. The molecule has 0 aliphatic rings. The van der Waals surface area contributed by atoms with E-state index in [4.69, 9.17) is 0 Å². The van der Waals surface area contributed by atoms with Crippen LogP contribution in [0.5, 0.6) is 0 Å². The quantitative estimate of drug-likeness (QED) is 0.769. The van der Waals surface area contributed by atoms with Crippen LogP contribution < -0.4 is 10.6 Å². The zero-order chi connectivity index (χ0) is 16.3. The summed E-state index contributed by atoms with van der Waals surface area (Å²) in [5.41, 5.74) is 0.00759. The average Bonchev–Trinajstić information content (AvgIpc) is 2.53. The van der Waals surface area contributed by atoms with Gasteiger partial charge in [0.2, 0.25) is 5.91 Å². The number of amides is 2. The zero-order valence-corrected chi connectivity index (χ0v) is 12.4. The number of hydrogen-bond acceptors (Lipinski definition) is 4. The van der Waals surface area contributed by atoms with E-state index in [9.17, 15) is 18.8 Å².